The Kier molecular flexibility index (Phi) is 6.25. The van der Waals surface area contributed by atoms with Gasteiger partial charge in [0.15, 0.2) is 0 Å². The van der Waals surface area contributed by atoms with Gasteiger partial charge in [0.05, 0.1) is 15.7 Å². The summed E-state index contributed by atoms with van der Waals surface area (Å²) in [4.78, 5) is 15.5. The van der Waals surface area contributed by atoms with Crippen LogP contribution in [0, 0.1) is 5.82 Å². The van der Waals surface area contributed by atoms with Gasteiger partial charge >= 0.3 is 6.09 Å². The molecule has 1 aliphatic heterocycles. The lowest BCUT2D eigenvalue weighted by Crippen LogP contribution is -2.35. The van der Waals surface area contributed by atoms with Crippen LogP contribution in [0.1, 0.15) is 19.3 Å². The van der Waals surface area contributed by atoms with Crippen molar-refractivity contribution in [3.63, 3.8) is 0 Å². The topological polar surface area (TPSA) is 43.8 Å². The Balaban J connectivity index is 1.94. The number of nitrogens with zero attached hydrogens (tertiary/aromatic N) is 2. The van der Waals surface area contributed by atoms with Crippen molar-refractivity contribution in [2.45, 2.75) is 25.3 Å². The van der Waals surface area contributed by atoms with Crippen molar-refractivity contribution in [2.75, 3.05) is 25.0 Å². The molecule has 1 aliphatic rings. The molecule has 1 unspecified atom stereocenters. The number of rotatable bonds is 5. The second kappa shape index (κ2) is 8.46. The normalized spacial score (nSPS) is 17.3. The molecule has 3 rings (SSSR count). The number of carbonyl (C=O) groups is 1. The molecule has 4 nitrogen and oxygen atoms in total. The van der Waals surface area contributed by atoms with Crippen molar-refractivity contribution >= 4 is 35.0 Å². The summed E-state index contributed by atoms with van der Waals surface area (Å²) < 4.78 is 13.9. The van der Waals surface area contributed by atoms with Gasteiger partial charge in [-0.05, 0) is 68.8 Å². The molecule has 2 aromatic rings. The van der Waals surface area contributed by atoms with E-state index in [1.165, 1.54) is 23.1 Å². The molecule has 0 bridgehead atoms. The third-order valence-electron chi connectivity index (χ3n) is 5.07. The number of benzene rings is 2. The number of amides is 1. The van der Waals surface area contributed by atoms with E-state index >= 15 is 0 Å². The summed E-state index contributed by atoms with van der Waals surface area (Å²) in [5.41, 5.74) is 1.52. The van der Waals surface area contributed by atoms with Crippen LogP contribution in [0.25, 0.3) is 11.1 Å². The van der Waals surface area contributed by atoms with Crippen molar-refractivity contribution < 1.29 is 14.3 Å². The minimum atomic E-state index is -1.07. The first-order valence-electron chi connectivity index (χ1n) is 8.82. The minimum absolute atomic E-state index is 0.332. The first-order valence-corrected chi connectivity index (χ1v) is 9.58. The van der Waals surface area contributed by atoms with Crippen LogP contribution in [-0.2, 0) is 0 Å². The third-order valence-corrected chi connectivity index (χ3v) is 5.81. The summed E-state index contributed by atoms with van der Waals surface area (Å²) in [5, 5.41) is 10.5. The first kappa shape index (κ1) is 19.9. The zero-order valence-corrected chi connectivity index (χ0v) is 16.5. The van der Waals surface area contributed by atoms with E-state index < -0.39 is 11.9 Å². The third kappa shape index (κ3) is 4.54. The molecule has 1 heterocycles. The van der Waals surface area contributed by atoms with Gasteiger partial charge in [0.1, 0.15) is 5.82 Å². The molecular formula is C20H21Cl2FN2O2. The minimum Gasteiger partial charge on any atom is -0.465 e. The van der Waals surface area contributed by atoms with Crippen LogP contribution in [0.4, 0.5) is 14.9 Å². The summed E-state index contributed by atoms with van der Waals surface area (Å²) in [6, 6.07) is 9.40. The summed E-state index contributed by atoms with van der Waals surface area (Å²) in [6.45, 7) is 1.37. The predicted molar refractivity (Wildman–Crippen MR) is 107 cm³/mol. The van der Waals surface area contributed by atoms with Crippen LogP contribution in [0.3, 0.4) is 0 Å². The molecule has 1 N–H and O–H groups in total. The van der Waals surface area contributed by atoms with Crippen molar-refractivity contribution in [3.8, 4) is 11.1 Å². The van der Waals surface area contributed by atoms with Crippen LogP contribution in [0.15, 0.2) is 36.4 Å². The fourth-order valence-electron chi connectivity index (χ4n) is 3.58. The Morgan fingerprint density at radius 1 is 1.26 bits per heavy atom. The van der Waals surface area contributed by atoms with Gasteiger partial charge in [-0.25, -0.2) is 9.18 Å². The van der Waals surface area contributed by atoms with Crippen molar-refractivity contribution in [1.82, 2.24) is 4.90 Å². The van der Waals surface area contributed by atoms with Crippen molar-refractivity contribution in [1.29, 1.82) is 0 Å². The van der Waals surface area contributed by atoms with Crippen molar-refractivity contribution in [2.24, 2.45) is 0 Å². The Morgan fingerprint density at radius 3 is 2.67 bits per heavy atom. The maximum absolute atomic E-state index is 13.9. The molecule has 0 saturated carbocycles. The maximum atomic E-state index is 13.9. The molecule has 144 valence electrons. The van der Waals surface area contributed by atoms with Gasteiger partial charge in [-0.2, -0.15) is 0 Å². The van der Waals surface area contributed by atoms with Gasteiger partial charge in [-0.3, -0.25) is 4.90 Å². The quantitative estimate of drug-likeness (QED) is 0.680. The monoisotopic (exact) mass is 410 g/mol. The molecule has 27 heavy (non-hydrogen) atoms. The lowest BCUT2D eigenvalue weighted by molar-refractivity contribution is 0.200. The molecule has 1 amide bonds. The Labute approximate surface area is 168 Å². The largest absolute Gasteiger partial charge is 0.465 e. The van der Waals surface area contributed by atoms with E-state index in [2.05, 4.69) is 11.9 Å². The molecule has 1 fully saturated rings. The molecule has 0 radical (unpaired) electrons. The molecule has 0 aliphatic carbocycles. The highest BCUT2D eigenvalue weighted by Crippen LogP contribution is 2.35. The van der Waals surface area contributed by atoms with Gasteiger partial charge in [0.25, 0.3) is 0 Å². The SMILES string of the molecule is CN1CCCC1CCN(C(=O)O)c1ccc(F)cc1-c1ccc(Cl)c(Cl)c1. The summed E-state index contributed by atoms with van der Waals surface area (Å²) in [7, 11) is 2.06. The zero-order chi connectivity index (χ0) is 19.6. The molecular weight excluding hydrogens is 390 g/mol. The number of hydrogen-bond donors (Lipinski definition) is 1. The average molecular weight is 411 g/mol. The van der Waals surface area contributed by atoms with Crippen LogP contribution in [0.5, 0.6) is 0 Å². The zero-order valence-electron chi connectivity index (χ0n) is 15.0. The summed E-state index contributed by atoms with van der Waals surface area (Å²) >= 11 is 12.1. The van der Waals surface area contributed by atoms with Crippen LogP contribution >= 0.6 is 23.2 Å². The Morgan fingerprint density at radius 2 is 2.04 bits per heavy atom. The van der Waals surface area contributed by atoms with Crippen LogP contribution in [-0.4, -0.2) is 42.3 Å². The Hall–Kier alpha value is -1.82. The fourth-order valence-corrected chi connectivity index (χ4v) is 3.88. The van der Waals surface area contributed by atoms with E-state index in [-0.39, 0.29) is 0 Å². The Bertz CT molecular complexity index is 847. The van der Waals surface area contributed by atoms with Gasteiger partial charge in [-0.15, -0.1) is 0 Å². The summed E-state index contributed by atoms with van der Waals surface area (Å²) in [6.07, 6.45) is 1.84. The number of halogens is 3. The smallest absolute Gasteiger partial charge is 0.411 e. The lowest BCUT2D eigenvalue weighted by Gasteiger charge is -2.26. The van der Waals surface area contributed by atoms with E-state index in [9.17, 15) is 14.3 Å². The predicted octanol–water partition coefficient (Wildman–Crippen LogP) is 5.77. The second-order valence-corrected chi connectivity index (χ2v) is 7.60. The maximum Gasteiger partial charge on any atom is 0.411 e. The van der Waals surface area contributed by atoms with E-state index in [0.717, 1.165) is 25.8 Å². The number of likely N-dealkylation sites (tertiary alicyclic amines) is 1. The average Bonchev–Trinajstić information content (AvgIpc) is 3.03. The molecule has 2 aromatic carbocycles. The van der Waals surface area contributed by atoms with E-state index in [0.29, 0.717) is 39.4 Å². The molecule has 0 aromatic heterocycles. The van der Waals surface area contributed by atoms with E-state index in [1.54, 1.807) is 18.2 Å². The number of anilines is 1. The molecule has 0 spiro atoms. The number of hydrogen-bond acceptors (Lipinski definition) is 2. The first-order chi connectivity index (χ1) is 12.9. The van der Waals surface area contributed by atoms with Gasteiger partial charge < -0.3 is 10.0 Å². The highest BCUT2D eigenvalue weighted by atomic mass is 35.5. The highest BCUT2D eigenvalue weighted by molar-refractivity contribution is 6.42. The fraction of sp³-hybridized carbons (Fsp3) is 0.350. The van der Waals surface area contributed by atoms with E-state index in [1.807, 2.05) is 0 Å². The van der Waals surface area contributed by atoms with Crippen LogP contribution < -0.4 is 4.90 Å². The number of carboxylic acid groups (broad SMARTS) is 1. The van der Waals surface area contributed by atoms with Crippen molar-refractivity contribution in [3.05, 3.63) is 52.3 Å². The lowest BCUT2D eigenvalue weighted by atomic mass is 10.0. The second-order valence-electron chi connectivity index (χ2n) is 6.79. The van der Waals surface area contributed by atoms with Crippen LogP contribution in [0.2, 0.25) is 10.0 Å². The molecule has 1 atom stereocenters. The van der Waals surface area contributed by atoms with Gasteiger partial charge in [0.2, 0.25) is 0 Å². The molecule has 7 heteroatoms. The van der Waals surface area contributed by atoms with E-state index in [4.69, 9.17) is 23.2 Å². The van der Waals surface area contributed by atoms with Gasteiger partial charge in [0, 0.05) is 18.2 Å². The van der Waals surface area contributed by atoms with Gasteiger partial charge in [-0.1, -0.05) is 29.3 Å². The summed E-state index contributed by atoms with van der Waals surface area (Å²) in [5.74, 6) is -0.444. The molecule has 1 saturated heterocycles. The highest BCUT2D eigenvalue weighted by Gasteiger charge is 2.25. The standard InChI is InChI=1S/C20H21Cl2FN2O2/c1-24-9-2-3-15(24)8-10-25(20(26)27)19-7-5-14(23)12-16(19)13-4-6-17(21)18(22)11-13/h4-7,11-12,15H,2-3,8-10H2,1H3,(H,26,27).